The third-order valence-corrected chi connectivity index (χ3v) is 1.94. The maximum absolute atomic E-state index is 3.70. The Morgan fingerprint density at radius 1 is 1.00 bits per heavy atom. The number of hydrogen-bond donors (Lipinski definition) is 0. The summed E-state index contributed by atoms with van der Waals surface area (Å²) in [6, 6.07) is 0. The van der Waals surface area contributed by atoms with E-state index in [1.165, 1.54) is 11.1 Å². The molecule has 0 aliphatic carbocycles. The Kier molecular flexibility index (Phi) is 7.35. The molecule has 82 valence electrons. The smallest absolute Gasteiger partial charge is 0.00756 e. The lowest BCUT2D eigenvalue weighted by Crippen LogP contribution is -1.80. The van der Waals surface area contributed by atoms with Gasteiger partial charge < -0.3 is 0 Å². The average molecular weight is 202 g/mol. The van der Waals surface area contributed by atoms with Gasteiger partial charge in [-0.05, 0) is 26.7 Å². The van der Waals surface area contributed by atoms with E-state index in [1.807, 2.05) is 13.0 Å². The van der Waals surface area contributed by atoms with Crippen LogP contribution in [0.4, 0.5) is 0 Å². The summed E-state index contributed by atoms with van der Waals surface area (Å²) in [6.45, 7) is 12.1. The van der Waals surface area contributed by atoms with Gasteiger partial charge in [-0.15, -0.1) is 0 Å². The summed E-state index contributed by atoms with van der Waals surface area (Å²) in [4.78, 5) is 0. The molecule has 0 bridgehead atoms. The molecule has 0 heterocycles. The Morgan fingerprint density at radius 3 is 2.00 bits per heavy atom. The first-order chi connectivity index (χ1) is 7.06. The molecule has 0 nitrogen and oxygen atoms in total. The van der Waals surface area contributed by atoms with E-state index in [2.05, 4.69) is 63.8 Å². The quantitative estimate of drug-likeness (QED) is 0.560. The van der Waals surface area contributed by atoms with E-state index in [9.17, 15) is 0 Å². The van der Waals surface area contributed by atoms with Gasteiger partial charge in [-0.2, -0.15) is 0 Å². The molecule has 0 aromatic carbocycles. The fraction of sp³-hybridized carbons (Fsp3) is 0.333. The lowest BCUT2D eigenvalue weighted by atomic mass is 10.1. The molecule has 0 N–H and O–H groups in total. The highest BCUT2D eigenvalue weighted by Gasteiger charge is 1.86. The zero-order chi connectivity index (χ0) is 11.7. The van der Waals surface area contributed by atoms with Crippen LogP contribution in [0.3, 0.4) is 0 Å². The Bertz CT molecular complexity index is 294. The molecule has 0 heteroatoms. The third-order valence-electron chi connectivity index (χ3n) is 1.94. The second-order valence-corrected chi connectivity index (χ2v) is 3.99. The largest absolute Gasteiger partial charge is 0.0988 e. The lowest BCUT2D eigenvalue weighted by Gasteiger charge is -1.95. The monoisotopic (exact) mass is 202 g/mol. The Labute approximate surface area is 94.4 Å². The van der Waals surface area contributed by atoms with E-state index in [0.717, 1.165) is 0 Å². The second-order valence-electron chi connectivity index (χ2n) is 3.99. The van der Waals surface area contributed by atoms with E-state index in [1.54, 1.807) is 0 Å². The maximum Gasteiger partial charge on any atom is -0.00756 e. The first-order valence-electron chi connectivity index (χ1n) is 5.35. The van der Waals surface area contributed by atoms with Crippen LogP contribution < -0.4 is 0 Å². The van der Waals surface area contributed by atoms with Gasteiger partial charge in [0, 0.05) is 0 Å². The summed E-state index contributed by atoms with van der Waals surface area (Å²) in [5.41, 5.74) is 2.51. The van der Waals surface area contributed by atoms with Crippen molar-refractivity contribution >= 4 is 0 Å². The van der Waals surface area contributed by atoms with Crippen molar-refractivity contribution in [3.8, 4) is 0 Å². The second kappa shape index (κ2) is 8.05. The van der Waals surface area contributed by atoms with Crippen molar-refractivity contribution in [1.29, 1.82) is 0 Å². The van der Waals surface area contributed by atoms with Crippen molar-refractivity contribution in [2.75, 3.05) is 0 Å². The zero-order valence-corrected chi connectivity index (χ0v) is 10.3. The van der Waals surface area contributed by atoms with Crippen LogP contribution in [0.15, 0.2) is 60.3 Å². The van der Waals surface area contributed by atoms with E-state index < -0.39 is 0 Å². The van der Waals surface area contributed by atoms with Crippen LogP contribution in [0.2, 0.25) is 0 Å². The van der Waals surface area contributed by atoms with Crippen molar-refractivity contribution < 1.29 is 0 Å². The van der Waals surface area contributed by atoms with Crippen LogP contribution >= 0.6 is 0 Å². The first-order valence-corrected chi connectivity index (χ1v) is 5.35. The Balaban J connectivity index is 4.14. The highest BCUT2D eigenvalue weighted by atomic mass is 13.9. The van der Waals surface area contributed by atoms with E-state index >= 15 is 0 Å². The summed E-state index contributed by atoms with van der Waals surface area (Å²) in [6.07, 6.45) is 14.6. The standard InChI is InChI=1S/C15H22/c1-6-14(4)10-8-12-15(5)11-7-9-13(2)3/h6-12,15H,1H2,2-5H3/b11-7+,12-8+,14-10+/t15-/m1/s1. The summed E-state index contributed by atoms with van der Waals surface area (Å²) in [5.74, 6) is 0.467. The van der Waals surface area contributed by atoms with Crippen LogP contribution in [-0.2, 0) is 0 Å². The van der Waals surface area contributed by atoms with Crippen LogP contribution in [0, 0.1) is 5.92 Å². The first kappa shape index (κ1) is 13.7. The van der Waals surface area contributed by atoms with Gasteiger partial charge in [0.15, 0.2) is 0 Å². The van der Waals surface area contributed by atoms with Gasteiger partial charge in [0.25, 0.3) is 0 Å². The summed E-state index contributed by atoms with van der Waals surface area (Å²) in [5, 5.41) is 0. The zero-order valence-electron chi connectivity index (χ0n) is 10.3. The molecular formula is C15H22. The van der Waals surface area contributed by atoms with Crippen molar-refractivity contribution in [3.63, 3.8) is 0 Å². The fourth-order valence-electron chi connectivity index (χ4n) is 0.938. The van der Waals surface area contributed by atoms with Gasteiger partial charge in [-0.3, -0.25) is 0 Å². The molecule has 0 radical (unpaired) electrons. The molecular weight excluding hydrogens is 180 g/mol. The summed E-state index contributed by atoms with van der Waals surface area (Å²) < 4.78 is 0. The van der Waals surface area contributed by atoms with Crippen molar-refractivity contribution in [3.05, 3.63) is 60.3 Å². The van der Waals surface area contributed by atoms with Gasteiger partial charge in [-0.25, -0.2) is 0 Å². The molecule has 0 aromatic rings. The predicted molar refractivity (Wildman–Crippen MR) is 70.8 cm³/mol. The molecule has 0 saturated heterocycles. The predicted octanol–water partition coefficient (Wildman–Crippen LogP) is 4.83. The number of hydrogen-bond acceptors (Lipinski definition) is 0. The van der Waals surface area contributed by atoms with Crippen LogP contribution in [0.5, 0.6) is 0 Å². The van der Waals surface area contributed by atoms with Gasteiger partial charge in [0.1, 0.15) is 0 Å². The third kappa shape index (κ3) is 9.01. The molecule has 0 aromatic heterocycles. The molecule has 0 spiro atoms. The Hall–Kier alpha value is -1.30. The topological polar surface area (TPSA) is 0 Å². The van der Waals surface area contributed by atoms with E-state index in [-0.39, 0.29) is 0 Å². The Morgan fingerprint density at radius 2 is 1.53 bits per heavy atom. The van der Waals surface area contributed by atoms with Gasteiger partial charge in [-0.1, -0.05) is 67.2 Å². The fourth-order valence-corrected chi connectivity index (χ4v) is 0.938. The molecule has 15 heavy (non-hydrogen) atoms. The van der Waals surface area contributed by atoms with Crippen molar-refractivity contribution in [1.82, 2.24) is 0 Å². The number of rotatable bonds is 5. The molecule has 0 saturated carbocycles. The van der Waals surface area contributed by atoms with Gasteiger partial charge in [0.05, 0.1) is 0 Å². The molecule has 0 aliphatic rings. The maximum atomic E-state index is 3.70. The van der Waals surface area contributed by atoms with Crippen LogP contribution in [0.25, 0.3) is 0 Å². The number of allylic oxidation sites excluding steroid dienone is 9. The summed E-state index contributed by atoms with van der Waals surface area (Å²) >= 11 is 0. The average Bonchev–Trinajstić information content (AvgIpc) is 2.17. The van der Waals surface area contributed by atoms with Crippen LogP contribution in [0.1, 0.15) is 27.7 Å². The van der Waals surface area contributed by atoms with Gasteiger partial charge >= 0.3 is 0 Å². The minimum absolute atomic E-state index is 0.467. The molecule has 0 amide bonds. The highest BCUT2D eigenvalue weighted by Crippen LogP contribution is 2.02. The normalized spacial score (nSPS) is 14.5. The van der Waals surface area contributed by atoms with Gasteiger partial charge in [0.2, 0.25) is 0 Å². The summed E-state index contributed by atoms with van der Waals surface area (Å²) in [7, 11) is 0. The van der Waals surface area contributed by atoms with Crippen molar-refractivity contribution in [2.24, 2.45) is 5.92 Å². The lowest BCUT2D eigenvalue weighted by molar-refractivity contribution is 0.940. The minimum atomic E-state index is 0.467. The molecule has 0 fully saturated rings. The van der Waals surface area contributed by atoms with E-state index in [0.29, 0.717) is 5.92 Å². The van der Waals surface area contributed by atoms with Crippen molar-refractivity contribution in [2.45, 2.75) is 27.7 Å². The molecule has 0 rings (SSSR count). The highest BCUT2D eigenvalue weighted by molar-refractivity contribution is 5.21. The minimum Gasteiger partial charge on any atom is -0.0988 e. The SMILES string of the molecule is C=C/C(C)=C/C=C/[C@H](C)/C=C/C=C(C)C. The van der Waals surface area contributed by atoms with Crippen LogP contribution in [-0.4, -0.2) is 0 Å². The molecule has 0 aliphatic heterocycles. The van der Waals surface area contributed by atoms with E-state index in [4.69, 9.17) is 0 Å². The molecule has 1 atom stereocenters. The molecule has 0 unspecified atom stereocenters.